The number of nitrogens with one attached hydrogen (secondary N) is 1. The molecule has 0 bridgehead atoms. The summed E-state index contributed by atoms with van der Waals surface area (Å²) < 4.78 is 11.3. The average molecular weight is 519 g/mol. The number of hydrogen-bond acceptors (Lipinski definition) is 7. The number of esters is 1. The van der Waals surface area contributed by atoms with Crippen LogP contribution >= 0.6 is 27.3 Å². The van der Waals surface area contributed by atoms with E-state index in [1.807, 2.05) is 31.2 Å². The predicted octanol–water partition coefficient (Wildman–Crippen LogP) is 5.51. The average Bonchev–Trinajstić information content (AvgIpc) is 3.07. The van der Waals surface area contributed by atoms with Gasteiger partial charge in [-0.25, -0.2) is 4.79 Å². The molecule has 0 aliphatic carbocycles. The van der Waals surface area contributed by atoms with E-state index in [1.165, 1.54) is 36.6 Å². The standard InChI is InChI=1S/C22H19BrN2O6S/c1-12-10-16(8-9-17(12)25(28)29)31-11-18(26)24-21-20(22(27)30-3)19(13(2)32-21)14-4-6-15(23)7-5-14/h4-10H,11H2,1-3H3,(H,24,26). The maximum atomic E-state index is 12.5. The molecule has 1 amide bonds. The Labute approximate surface area is 196 Å². The van der Waals surface area contributed by atoms with Crippen molar-refractivity contribution in [1.29, 1.82) is 0 Å². The zero-order chi connectivity index (χ0) is 23.4. The van der Waals surface area contributed by atoms with Crippen LogP contribution in [-0.4, -0.2) is 30.5 Å². The lowest BCUT2D eigenvalue weighted by Gasteiger charge is -2.09. The van der Waals surface area contributed by atoms with Crippen molar-refractivity contribution >= 4 is 49.8 Å². The summed E-state index contributed by atoms with van der Waals surface area (Å²) in [6.07, 6.45) is 0. The van der Waals surface area contributed by atoms with E-state index >= 15 is 0 Å². The van der Waals surface area contributed by atoms with Crippen molar-refractivity contribution in [2.75, 3.05) is 19.0 Å². The number of thiophene rings is 1. The van der Waals surface area contributed by atoms with Gasteiger partial charge in [0.05, 0.1) is 12.0 Å². The van der Waals surface area contributed by atoms with Crippen LogP contribution < -0.4 is 10.1 Å². The molecule has 0 unspecified atom stereocenters. The molecule has 1 aromatic heterocycles. The van der Waals surface area contributed by atoms with Crippen LogP contribution in [0, 0.1) is 24.0 Å². The number of anilines is 1. The topological polar surface area (TPSA) is 108 Å². The molecule has 0 atom stereocenters. The second-order valence-electron chi connectivity index (χ2n) is 6.78. The Morgan fingerprint density at radius 1 is 1.16 bits per heavy atom. The zero-order valence-corrected chi connectivity index (χ0v) is 19.8. The van der Waals surface area contributed by atoms with Gasteiger partial charge in [0.2, 0.25) is 0 Å². The van der Waals surface area contributed by atoms with E-state index in [-0.39, 0.29) is 17.9 Å². The number of carbonyl (C=O) groups excluding carboxylic acids is 2. The number of carbonyl (C=O) groups is 2. The minimum Gasteiger partial charge on any atom is -0.484 e. The van der Waals surface area contributed by atoms with Crippen molar-refractivity contribution in [2.24, 2.45) is 0 Å². The fourth-order valence-electron chi connectivity index (χ4n) is 3.13. The summed E-state index contributed by atoms with van der Waals surface area (Å²) in [5.41, 5.74) is 2.18. The molecule has 166 valence electrons. The van der Waals surface area contributed by atoms with Gasteiger partial charge in [0.1, 0.15) is 16.3 Å². The molecular weight excluding hydrogens is 500 g/mol. The SMILES string of the molecule is COC(=O)c1c(NC(=O)COc2ccc([N+](=O)[O-])c(C)c2)sc(C)c1-c1ccc(Br)cc1. The first-order valence-corrected chi connectivity index (χ1v) is 11.0. The molecule has 0 fully saturated rings. The van der Waals surface area contributed by atoms with Crippen LogP contribution in [0.1, 0.15) is 20.8 Å². The van der Waals surface area contributed by atoms with Gasteiger partial charge in [-0.3, -0.25) is 14.9 Å². The summed E-state index contributed by atoms with van der Waals surface area (Å²) in [5, 5.41) is 14.0. The third-order valence-electron chi connectivity index (χ3n) is 4.59. The monoisotopic (exact) mass is 518 g/mol. The summed E-state index contributed by atoms with van der Waals surface area (Å²) in [5.74, 6) is -0.710. The van der Waals surface area contributed by atoms with E-state index in [0.29, 0.717) is 21.9 Å². The molecule has 0 aliphatic rings. The summed E-state index contributed by atoms with van der Waals surface area (Å²) in [4.78, 5) is 36.3. The Morgan fingerprint density at radius 2 is 1.84 bits per heavy atom. The zero-order valence-electron chi connectivity index (χ0n) is 17.4. The molecule has 2 aromatic carbocycles. The van der Waals surface area contributed by atoms with E-state index in [1.54, 1.807) is 6.92 Å². The Kier molecular flexibility index (Phi) is 7.26. The number of methoxy groups -OCH3 is 1. The molecule has 10 heteroatoms. The maximum Gasteiger partial charge on any atom is 0.341 e. The van der Waals surface area contributed by atoms with Crippen LogP contribution in [0.2, 0.25) is 0 Å². The Bertz CT molecular complexity index is 1190. The van der Waals surface area contributed by atoms with Crippen molar-refractivity contribution in [2.45, 2.75) is 13.8 Å². The Hall–Kier alpha value is -3.24. The van der Waals surface area contributed by atoms with Gasteiger partial charge >= 0.3 is 5.97 Å². The van der Waals surface area contributed by atoms with Crippen molar-refractivity contribution in [3.63, 3.8) is 0 Å². The largest absolute Gasteiger partial charge is 0.484 e. The lowest BCUT2D eigenvalue weighted by molar-refractivity contribution is -0.385. The van der Waals surface area contributed by atoms with Crippen molar-refractivity contribution in [3.8, 4) is 16.9 Å². The number of hydrogen-bond donors (Lipinski definition) is 1. The van der Waals surface area contributed by atoms with E-state index in [0.717, 1.165) is 14.9 Å². The van der Waals surface area contributed by atoms with E-state index < -0.39 is 16.8 Å². The highest BCUT2D eigenvalue weighted by Gasteiger charge is 2.25. The minimum atomic E-state index is -0.561. The number of amides is 1. The summed E-state index contributed by atoms with van der Waals surface area (Å²) >= 11 is 4.66. The van der Waals surface area contributed by atoms with E-state index in [2.05, 4.69) is 21.2 Å². The lowest BCUT2D eigenvalue weighted by atomic mass is 10.0. The molecule has 0 radical (unpaired) electrons. The predicted molar refractivity (Wildman–Crippen MR) is 125 cm³/mol. The van der Waals surface area contributed by atoms with Crippen LogP contribution in [-0.2, 0) is 9.53 Å². The van der Waals surface area contributed by atoms with Crippen LogP contribution in [0.5, 0.6) is 5.75 Å². The fraction of sp³-hybridized carbons (Fsp3) is 0.182. The number of nitrogens with zero attached hydrogens (tertiary/aromatic N) is 1. The molecule has 1 heterocycles. The van der Waals surface area contributed by atoms with Crippen molar-refractivity contribution in [1.82, 2.24) is 0 Å². The molecule has 0 saturated heterocycles. The van der Waals surface area contributed by atoms with Gasteiger partial charge in [-0.2, -0.15) is 0 Å². The first-order valence-electron chi connectivity index (χ1n) is 9.36. The van der Waals surface area contributed by atoms with Gasteiger partial charge in [0.25, 0.3) is 11.6 Å². The maximum absolute atomic E-state index is 12.5. The number of benzene rings is 2. The molecule has 3 aromatic rings. The second kappa shape index (κ2) is 9.92. The van der Waals surface area contributed by atoms with Gasteiger partial charge < -0.3 is 14.8 Å². The Balaban J connectivity index is 1.81. The number of aryl methyl sites for hydroxylation is 2. The number of halogens is 1. The van der Waals surface area contributed by atoms with Crippen molar-refractivity contribution < 1.29 is 24.0 Å². The fourth-order valence-corrected chi connectivity index (χ4v) is 4.47. The highest BCUT2D eigenvalue weighted by Crippen LogP contribution is 2.40. The van der Waals surface area contributed by atoms with Gasteiger partial charge in [-0.1, -0.05) is 28.1 Å². The van der Waals surface area contributed by atoms with E-state index in [9.17, 15) is 19.7 Å². The van der Waals surface area contributed by atoms with E-state index in [4.69, 9.17) is 9.47 Å². The summed E-state index contributed by atoms with van der Waals surface area (Å²) in [6.45, 7) is 3.12. The minimum absolute atomic E-state index is 0.0287. The van der Waals surface area contributed by atoms with Gasteiger partial charge in [-0.15, -0.1) is 11.3 Å². The quantitative estimate of drug-likeness (QED) is 0.251. The molecule has 0 spiro atoms. The number of ether oxygens (including phenoxy) is 2. The number of rotatable bonds is 7. The third-order valence-corrected chi connectivity index (χ3v) is 6.14. The summed E-state index contributed by atoms with van der Waals surface area (Å²) in [6, 6.07) is 11.7. The molecular formula is C22H19BrN2O6S. The van der Waals surface area contributed by atoms with Gasteiger partial charge in [0, 0.05) is 26.5 Å². The van der Waals surface area contributed by atoms with Crippen LogP contribution in [0.4, 0.5) is 10.7 Å². The molecule has 3 rings (SSSR count). The highest BCUT2D eigenvalue weighted by molar-refractivity contribution is 9.10. The molecule has 0 aliphatic heterocycles. The Morgan fingerprint density at radius 3 is 2.44 bits per heavy atom. The first-order chi connectivity index (χ1) is 15.2. The molecule has 32 heavy (non-hydrogen) atoms. The normalized spacial score (nSPS) is 10.5. The highest BCUT2D eigenvalue weighted by atomic mass is 79.9. The smallest absolute Gasteiger partial charge is 0.341 e. The lowest BCUT2D eigenvalue weighted by Crippen LogP contribution is -2.21. The van der Waals surface area contributed by atoms with Gasteiger partial charge in [0.15, 0.2) is 6.61 Å². The second-order valence-corrected chi connectivity index (χ2v) is 8.92. The first kappa shape index (κ1) is 23.4. The van der Waals surface area contributed by atoms with Crippen LogP contribution in [0.3, 0.4) is 0 Å². The molecule has 1 N–H and O–H groups in total. The van der Waals surface area contributed by atoms with Gasteiger partial charge in [-0.05, 0) is 43.7 Å². The van der Waals surface area contributed by atoms with Crippen LogP contribution in [0.15, 0.2) is 46.9 Å². The summed E-state index contributed by atoms with van der Waals surface area (Å²) in [7, 11) is 1.28. The molecule has 8 nitrogen and oxygen atoms in total. The molecule has 0 saturated carbocycles. The number of nitro benzene ring substituents is 1. The number of nitro groups is 1. The van der Waals surface area contributed by atoms with Crippen molar-refractivity contribution in [3.05, 3.63) is 73.1 Å². The third kappa shape index (κ3) is 5.14. The van der Waals surface area contributed by atoms with Crippen LogP contribution in [0.25, 0.3) is 11.1 Å².